The number of hydrogen-bond donors (Lipinski definition) is 2. The number of carboxylic acid groups (broad SMARTS) is 1. The Morgan fingerprint density at radius 2 is 2.05 bits per heavy atom. The molecule has 0 saturated carbocycles. The summed E-state index contributed by atoms with van der Waals surface area (Å²) >= 11 is 0. The fourth-order valence-corrected chi connectivity index (χ4v) is 2.25. The minimum absolute atomic E-state index is 0.0934. The molecular weight excluding hydrogens is 275 g/mol. The van der Waals surface area contributed by atoms with E-state index in [4.69, 9.17) is 5.11 Å². The van der Waals surface area contributed by atoms with Crippen LogP contribution in [0.2, 0.25) is 0 Å². The Labute approximate surface area is 113 Å². The van der Waals surface area contributed by atoms with Gasteiger partial charge in [-0.05, 0) is 11.8 Å². The van der Waals surface area contributed by atoms with Gasteiger partial charge in [-0.1, -0.05) is 20.8 Å². The van der Waals surface area contributed by atoms with E-state index in [1.807, 2.05) is 20.8 Å². The maximum Gasteiger partial charge on any atom is 0.410 e. The number of aromatic nitrogens is 2. The molecule has 2 N–H and O–H groups in total. The van der Waals surface area contributed by atoms with Gasteiger partial charge >= 0.3 is 12.1 Å². The molecule has 0 spiro atoms. The highest BCUT2D eigenvalue weighted by Gasteiger charge is 2.48. The number of anilines is 1. The molecule has 0 fully saturated rings. The summed E-state index contributed by atoms with van der Waals surface area (Å²) in [5.41, 5.74) is -0.779. The third-order valence-electron chi connectivity index (χ3n) is 3.45. The van der Waals surface area contributed by atoms with E-state index in [0.29, 0.717) is 0 Å². The molecule has 2 rings (SSSR count). The highest BCUT2D eigenvalue weighted by Crippen LogP contribution is 2.42. The number of rotatable bonds is 1. The van der Waals surface area contributed by atoms with E-state index in [-0.39, 0.29) is 17.7 Å². The molecule has 112 valence electrons. The Morgan fingerprint density at radius 1 is 1.45 bits per heavy atom. The van der Waals surface area contributed by atoms with Crippen molar-refractivity contribution in [2.45, 2.75) is 45.5 Å². The standard InChI is InChI=1S/C12H16F3N3O2/c1-11(2,3)7-5-8(12(13,14)15)18-9(16-7)4-6(17-18)10(19)20/h4,7-8,16H,5H2,1-3H3,(H,19,20)/t7-,8-/m1/s1. The van der Waals surface area contributed by atoms with E-state index in [2.05, 4.69) is 10.4 Å². The van der Waals surface area contributed by atoms with Crippen molar-refractivity contribution in [3.8, 4) is 0 Å². The smallest absolute Gasteiger partial charge is 0.410 e. The summed E-state index contributed by atoms with van der Waals surface area (Å²) in [5, 5.41) is 15.4. The van der Waals surface area contributed by atoms with E-state index in [1.165, 1.54) is 0 Å². The van der Waals surface area contributed by atoms with Crippen molar-refractivity contribution in [3.63, 3.8) is 0 Å². The van der Waals surface area contributed by atoms with Crippen molar-refractivity contribution < 1.29 is 23.1 Å². The molecule has 1 aromatic rings. The fourth-order valence-electron chi connectivity index (χ4n) is 2.25. The number of nitrogens with one attached hydrogen (secondary N) is 1. The van der Waals surface area contributed by atoms with Crippen molar-refractivity contribution in [3.05, 3.63) is 11.8 Å². The second-order valence-corrected chi connectivity index (χ2v) is 6.02. The summed E-state index contributed by atoms with van der Waals surface area (Å²) in [6.07, 6.45) is -4.65. The van der Waals surface area contributed by atoms with Crippen LogP contribution < -0.4 is 5.32 Å². The molecule has 8 heteroatoms. The van der Waals surface area contributed by atoms with Crippen molar-refractivity contribution >= 4 is 11.8 Å². The van der Waals surface area contributed by atoms with Gasteiger partial charge in [-0.2, -0.15) is 18.3 Å². The van der Waals surface area contributed by atoms with Crippen LogP contribution in [0.4, 0.5) is 19.0 Å². The Bertz CT molecular complexity index is 531. The van der Waals surface area contributed by atoms with E-state index >= 15 is 0 Å². The summed E-state index contributed by atoms with van der Waals surface area (Å²) in [4.78, 5) is 10.9. The van der Waals surface area contributed by atoms with Gasteiger partial charge in [0.15, 0.2) is 11.7 Å². The van der Waals surface area contributed by atoms with Crippen LogP contribution in [0.15, 0.2) is 6.07 Å². The average molecular weight is 291 g/mol. The predicted molar refractivity (Wildman–Crippen MR) is 65.8 cm³/mol. The number of fused-ring (bicyclic) bond motifs is 1. The summed E-state index contributed by atoms with van der Waals surface area (Å²) in [6.45, 7) is 5.51. The number of nitrogens with zero attached hydrogens (tertiary/aromatic N) is 2. The van der Waals surface area contributed by atoms with Gasteiger partial charge in [-0.15, -0.1) is 0 Å². The van der Waals surface area contributed by atoms with Crippen molar-refractivity contribution in [1.29, 1.82) is 0 Å². The Hall–Kier alpha value is -1.73. The van der Waals surface area contributed by atoms with Crippen LogP contribution in [0, 0.1) is 5.41 Å². The van der Waals surface area contributed by atoms with E-state index in [1.54, 1.807) is 0 Å². The third-order valence-corrected chi connectivity index (χ3v) is 3.45. The van der Waals surface area contributed by atoms with E-state index in [0.717, 1.165) is 10.7 Å². The molecule has 1 aliphatic rings. The normalized spacial score (nSPS) is 23.1. The van der Waals surface area contributed by atoms with Crippen molar-refractivity contribution in [2.24, 2.45) is 5.41 Å². The molecule has 2 atom stereocenters. The second kappa shape index (κ2) is 4.39. The lowest BCUT2D eigenvalue weighted by atomic mass is 9.82. The maximum atomic E-state index is 13.2. The molecule has 0 bridgehead atoms. The maximum absolute atomic E-state index is 13.2. The molecule has 0 saturated heterocycles. The van der Waals surface area contributed by atoms with Gasteiger partial charge in [0.1, 0.15) is 5.82 Å². The second-order valence-electron chi connectivity index (χ2n) is 6.02. The molecular formula is C12H16F3N3O2. The molecule has 0 radical (unpaired) electrons. The Morgan fingerprint density at radius 3 is 2.50 bits per heavy atom. The average Bonchev–Trinajstić information content (AvgIpc) is 2.68. The summed E-state index contributed by atoms with van der Waals surface area (Å²) in [7, 11) is 0. The fraction of sp³-hybridized carbons (Fsp3) is 0.667. The SMILES string of the molecule is CC(C)(C)[C@H]1C[C@H](C(F)(F)F)n2nc(C(=O)O)cc2N1. The largest absolute Gasteiger partial charge is 0.476 e. The lowest BCUT2D eigenvalue weighted by molar-refractivity contribution is -0.175. The minimum Gasteiger partial charge on any atom is -0.476 e. The van der Waals surface area contributed by atoms with E-state index in [9.17, 15) is 18.0 Å². The Balaban J connectivity index is 2.47. The summed E-state index contributed by atoms with van der Waals surface area (Å²) < 4.78 is 40.2. The number of carbonyl (C=O) groups is 1. The quantitative estimate of drug-likeness (QED) is 0.835. The van der Waals surface area contributed by atoms with Crippen LogP contribution >= 0.6 is 0 Å². The van der Waals surface area contributed by atoms with Gasteiger partial charge in [-0.25, -0.2) is 9.48 Å². The van der Waals surface area contributed by atoms with Gasteiger partial charge in [0, 0.05) is 12.1 Å². The summed E-state index contributed by atoms with van der Waals surface area (Å²) in [6, 6.07) is -1.09. The molecule has 2 heterocycles. The number of hydrogen-bond acceptors (Lipinski definition) is 3. The van der Waals surface area contributed by atoms with Crippen molar-refractivity contribution in [1.82, 2.24) is 9.78 Å². The van der Waals surface area contributed by atoms with Gasteiger partial charge in [0.25, 0.3) is 0 Å². The van der Waals surface area contributed by atoms with Gasteiger partial charge in [0.2, 0.25) is 0 Å². The van der Waals surface area contributed by atoms with Crippen LogP contribution in [-0.2, 0) is 0 Å². The number of halogens is 3. The molecule has 5 nitrogen and oxygen atoms in total. The molecule has 1 aliphatic heterocycles. The first-order chi connectivity index (χ1) is 9.00. The molecule has 0 unspecified atom stereocenters. The topological polar surface area (TPSA) is 67.2 Å². The van der Waals surface area contributed by atoms with Crippen molar-refractivity contribution in [2.75, 3.05) is 5.32 Å². The van der Waals surface area contributed by atoms with Crippen LogP contribution in [0.3, 0.4) is 0 Å². The zero-order chi connectivity index (χ0) is 15.3. The monoisotopic (exact) mass is 291 g/mol. The lowest BCUT2D eigenvalue weighted by Gasteiger charge is -2.39. The van der Waals surface area contributed by atoms with Gasteiger partial charge in [0.05, 0.1) is 0 Å². The molecule has 0 aliphatic carbocycles. The molecule has 0 aromatic carbocycles. The lowest BCUT2D eigenvalue weighted by Crippen LogP contribution is -2.44. The summed E-state index contributed by atoms with van der Waals surface area (Å²) in [5.74, 6) is -1.25. The molecule has 20 heavy (non-hydrogen) atoms. The number of carboxylic acids is 1. The van der Waals surface area contributed by atoms with Crippen LogP contribution in [0.25, 0.3) is 0 Å². The first kappa shape index (κ1) is 14.7. The van der Waals surface area contributed by atoms with E-state index < -0.39 is 29.9 Å². The highest BCUT2D eigenvalue weighted by molar-refractivity contribution is 5.86. The minimum atomic E-state index is -4.47. The van der Waals surface area contributed by atoms with Crippen LogP contribution in [0.1, 0.15) is 43.7 Å². The number of aromatic carboxylic acids is 1. The molecule has 1 aromatic heterocycles. The first-order valence-corrected chi connectivity index (χ1v) is 6.16. The van der Waals surface area contributed by atoms with Crippen LogP contribution in [0.5, 0.6) is 0 Å². The first-order valence-electron chi connectivity index (χ1n) is 6.16. The van der Waals surface area contributed by atoms with Crippen LogP contribution in [-0.4, -0.2) is 33.1 Å². The molecule has 0 amide bonds. The number of alkyl halides is 3. The zero-order valence-electron chi connectivity index (χ0n) is 11.3. The van der Waals surface area contributed by atoms with Gasteiger partial charge in [-0.3, -0.25) is 0 Å². The zero-order valence-corrected chi connectivity index (χ0v) is 11.3. The third kappa shape index (κ3) is 2.59. The Kier molecular flexibility index (Phi) is 3.22. The van der Waals surface area contributed by atoms with Gasteiger partial charge < -0.3 is 10.4 Å². The highest BCUT2D eigenvalue weighted by atomic mass is 19.4. The predicted octanol–water partition coefficient (Wildman–Crippen LogP) is 2.92.